The maximum atomic E-state index is 10.6. The summed E-state index contributed by atoms with van der Waals surface area (Å²) >= 11 is 0. The molecule has 0 radical (unpaired) electrons. The van der Waals surface area contributed by atoms with Gasteiger partial charge >= 0.3 is 5.97 Å². The third-order valence-corrected chi connectivity index (χ3v) is 3.52. The van der Waals surface area contributed by atoms with Gasteiger partial charge in [0.2, 0.25) is 0 Å². The van der Waals surface area contributed by atoms with Gasteiger partial charge in [-0.2, -0.15) is 5.10 Å². The van der Waals surface area contributed by atoms with Crippen molar-refractivity contribution < 1.29 is 9.90 Å². The van der Waals surface area contributed by atoms with E-state index < -0.39 is 5.97 Å². The van der Waals surface area contributed by atoms with E-state index in [4.69, 9.17) is 5.11 Å². The molecule has 1 saturated heterocycles. The zero-order valence-electron chi connectivity index (χ0n) is 10.9. The highest BCUT2D eigenvalue weighted by atomic mass is 16.4. The molecule has 1 aliphatic heterocycles. The molecule has 100 valence electrons. The van der Waals surface area contributed by atoms with Crippen LogP contribution in [-0.2, 0) is 18.4 Å². The van der Waals surface area contributed by atoms with Crippen molar-refractivity contribution >= 4 is 5.97 Å². The van der Waals surface area contributed by atoms with Crippen LogP contribution in [0.25, 0.3) is 0 Å². The van der Waals surface area contributed by atoms with E-state index in [0.29, 0.717) is 12.3 Å². The van der Waals surface area contributed by atoms with Crippen LogP contribution in [0.4, 0.5) is 0 Å². The first-order valence-corrected chi connectivity index (χ1v) is 6.56. The third kappa shape index (κ3) is 3.84. The summed E-state index contributed by atoms with van der Waals surface area (Å²) in [6.07, 6.45) is 5.38. The molecule has 1 atom stereocenters. The van der Waals surface area contributed by atoms with E-state index >= 15 is 0 Å². The Hall–Kier alpha value is -1.36. The molecule has 5 nitrogen and oxygen atoms in total. The Morgan fingerprint density at radius 2 is 2.44 bits per heavy atom. The van der Waals surface area contributed by atoms with Crippen molar-refractivity contribution in [3.05, 3.63) is 18.0 Å². The molecule has 1 fully saturated rings. The van der Waals surface area contributed by atoms with Crippen LogP contribution in [0.15, 0.2) is 12.3 Å². The summed E-state index contributed by atoms with van der Waals surface area (Å²) in [6.45, 7) is 2.98. The van der Waals surface area contributed by atoms with Gasteiger partial charge in [-0.3, -0.25) is 14.4 Å². The summed E-state index contributed by atoms with van der Waals surface area (Å²) in [7, 11) is 1.93. The van der Waals surface area contributed by atoms with Crippen LogP contribution >= 0.6 is 0 Å². The number of rotatable bonds is 5. The predicted octanol–water partition coefficient (Wildman–Crippen LogP) is 1.50. The van der Waals surface area contributed by atoms with Gasteiger partial charge in [0.15, 0.2) is 0 Å². The van der Waals surface area contributed by atoms with Gasteiger partial charge in [0.05, 0.1) is 5.69 Å². The van der Waals surface area contributed by atoms with Crippen LogP contribution in [0.2, 0.25) is 0 Å². The van der Waals surface area contributed by atoms with E-state index in [1.807, 2.05) is 24.0 Å². The Morgan fingerprint density at radius 3 is 3.11 bits per heavy atom. The van der Waals surface area contributed by atoms with Gasteiger partial charge in [0, 0.05) is 32.8 Å². The largest absolute Gasteiger partial charge is 0.481 e. The number of carboxylic acid groups (broad SMARTS) is 1. The summed E-state index contributed by atoms with van der Waals surface area (Å²) in [4.78, 5) is 13.0. The lowest BCUT2D eigenvalue weighted by Crippen LogP contribution is -2.35. The second-order valence-corrected chi connectivity index (χ2v) is 5.16. The lowest BCUT2D eigenvalue weighted by molar-refractivity contribution is -0.137. The van der Waals surface area contributed by atoms with Crippen LogP contribution in [0.1, 0.15) is 31.4 Å². The predicted molar refractivity (Wildman–Crippen MR) is 68.1 cm³/mol. The highest BCUT2D eigenvalue weighted by molar-refractivity contribution is 5.66. The highest BCUT2D eigenvalue weighted by Gasteiger charge is 2.20. The Morgan fingerprint density at radius 1 is 1.61 bits per heavy atom. The van der Waals surface area contributed by atoms with E-state index in [9.17, 15) is 4.79 Å². The lowest BCUT2D eigenvalue weighted by atomic mass is 9.93. The Balaban J connectivity index is 1.81. The van der Waals surface area contributed by atoms with Crippen LogP contribution in [0, 0.1) is 5.92 Å². The minimum Gasteiger partial charge on any atom is -0.481 e. The Bertz CT molecular complexity index is 403. The van der Waals surface area contributed by atoms with Crippen LogP contribution in [0.3, 0.4) is 0 Å². The van der Waals surface area contributed by atoms with Gasteiger partial charge in [-0.1, -0.05) is 0 Å². The van der Waals surface area contributed by atoms with Crippen molar-refractivity contribution in [1.29, 1.82) is 0 Å². The molecule has 1 aliphatic rings. The molecule has 5 heteroatoms. The average Bonchev–Trinajstić information content (AvgIpc) is 2.73. The molecule has 1 aromatic heterocycles. The minimum atomic E-state index is -0.683. The van der Waals surface area contributed by atoms with Crippen molar-refractivity contribution in [2.45, 2.75) is 32.2 Å². The standard InChI is InChI=1S/C13H21N3O2/c1-15-8-6-12(14-15)10-16-7-2-3-11(9-16)4-5-13(17)18/h6,8,11H,2-5,7,9-10H2,1H3,(H,17,18). The zero-order chi connectivity index (χ0) is 13.0. The van der Waals surface area contributed by atoms with E-state index in [-0.39, 0.29) is 0 Å². The quantitative estimate of drug-likeness (QED) is 0.861. The monoisotopic (exact) mass is 251 g/mol. The average molecular weight is 251 g/mol. The number of piperidine rings is 1. The van der Waals surface area contributed by atoms with Gasteiger partial charge < -0.3 is 5.11 Å². The Kier molecular flexibility index (Phi) is 4.36. The zero-order valence-corrected chi connectivity index (χ0v) is 10.9. The fraction of sp³-hybridized carbons (Fsp3) is 0.692. The molecular formula is C13H21N3O2. The van der Waals surface area contributed by atoms with E-state index in [1.54, 1.807) is 0 Å². The van der Waals surface area contributed by atoms with Crippen molar-refractivity contribution in [1.82, 2.24) is 14.7 Å². The fourth-order valence-electron chi connectivity index (χ4n) is 2.63. The lowest BCUT2D eigenvalue weighted by Gasteiger charge is -2.32. The molecule has 1 aromatic rings. The maximum Gasteiger partial charge on any atom is 0.303 e. The van der Waals surface area contributed by atoms with Crippen LogP contribution in [-0.4, -0.2) is 38.8 Å². The number of hydrogen-bond acceptors (Lipinski definition) is 3. The smallest absolute Gasteiger partial charge is 0.303 e. The molecule has 1 unspecified atom stereocenters. The molecule has 2 heterocycles. The van der Waals surface area contributed by atoms with Gasteiger partial charge in [-0.25, -0.2) is 0 Å². The SMILES string of the molecule is Cn1ccc(CN2CCCC(CCC(=O)O)C2)n1. The molecule has 0 amide bonds. The molecule has 0 aromatic carbocycles. The Labute approximate surface area is 107 Å². The first kappa shape index (κ1) is 13.1. The second kappa shape index (κ2) is 6.00. The summed E-state index contributed by atoms with van der Waals surface area (Å²) in [5.41, 5.74) is 1.09. The van der Waals surface area contributed by atoms with Gasteiger partial charge in [-0.05, 0) is 37.8 Å². The first-order chi connectivity index (χ1) is 8.63. The molecule has 1 N–H and O–H groups in total. The van der Waals surface area contributed by atoms with Crippen molar-refractivity contribution in [3.8, 4) is 0 Å². The number of hydrogen-bond donors (Lipinski definition) is 1. The molecule has 0 spiro atoms. The van der Waals surface area contributed by atoms with Crippen molar-refractivity contribution in [2.75, 3.05) is 13.1 Å². The number of likely N-dealkylation sites (tertiary alicyclic amines) is 1. The summed E-state index contributed by atoms with van der Waals surface area (Å²) in [6, 6.07) is 2.04. The molecule has 0 bridgehead atoms. The van der Waals surface area contributed by atoms with Gasteiger partial charge in [0.25, 0.3) is 0 Å². The highest BCUT2D eigenvalue weighted by Crippen LogP contribution is 2.22. The number of carbonyl (C=O) groups is 1. The second-order valence-electron chi connectivity index (χ2n) is 5.16. The third-order valence-electron chi connectivity index (χ3n) is 3.52. The van der Waals surface area contributed by atoms with Gasteiger partial charge in [0.1, 0.15) is 0 Å². The molecule has 18 heavy (non-hydrogen) atoms. The molecule has 0 saturated carbocycles. The van der Waals surface area contributed by atoms with E-state index in [1.165, 1.54) is 0 Å². The number of aryl methyl sites for hydroxylation is 1. The fourth-order valence-corrected chi connectivity index (χ4v) is 2.63. The normalized spacial score (nSPS) is 21.1. The topological polar surface area (TPSA) is 58.4 Å². The first-order valence-electron chi connectivity index (χ1n) is 6.56. The summed E-state index contributed by atoms with van der Waals surface area (Å²) in [5, 5.41) is 13.1. The maximum absolute atomic E-state index is 10.6. The number of nitrogens with zero attached hydrogens (tertiary/aromatic N) is 3. The van der Waals surface area contributed by atoms with Crippen LogP contribution < -0.4 is 0 Å². The summed E-state index contributed by atoms with van der Waals surface area (Å²) < 4.78 is 1.82. The minimum absolute atomic E-state index is 0.294. The van der Waals surface area contributed by atoms with E-state index in [2.05, 4.69) is 10.00 Å². The van der Waals surface area contributed by atoms with Crippen molar-refractivity contribution in [2.24, 2.45) is 13.0 Å². The number of aliphatic carboxylic acids is 1. The van der Waals surface area contributed by atoms with E-state index in [0.717, 1.165) is 44.6 Å². The molecular weight excluding hydrogens is 230 g/mol. The number of aromatic nitrogens is 2. The van der Waals surface area contributed by atoms with Gasteiger partial charge in [-0.15, -0.1) is 0 Å². The van der Waals surface area contributed by atoms with Crippen LogP contribution in [0.5, 0.6) is 0 Å². The molecule has 0 aliphatic carbocycles. The molecule has 2 rings (SSSR count). The summed E-state index contributed by atoms with van der Waals surface area (Å²) in [5.74, 6) is -0.157. The van der Waals surface area contributed by atoms with Crippen molar-refractivity contribution in [3.63, 3.8) is 0 Å². The number of carboxylic acids is 1.